The SMILES string of the molecule is COc1ccc(OC)c(C(=O)O[C@H]2[C@@H]3[C@]4(OC(C)=O)CO[C@@H]4C[C@H]4O[C@@H]([C@H](OC(=O)CCCSSC)C5=C(C)[C@@H](OC(=O)[C@H](O)[C@@H](NC(=O)OC(C)(C)C)c6ccco6)C[C@]2(O)C5(C)C)[C@@]34C)c1. The second kappa shape index (κ2) is 19.4. The highest BCUT2D eigenvalue weighted by Gasteiger charge is 2.82. The van der Waals surface area contributed by atoms with Gasteiger partial charge in [0, 0.05) is 42.8 Å². The summed E-state index contributed by atoms with van der Waals surface area (Å²) < 4.78 is 60.7. The minimum absolute atomic E-state index is 0.00751. The van der Waals surface area contributed by atoms with Crippen LogP contribution in [0.15, 0.2) is 52.2 Å². The molecule has 2 saturated carbocycles. The number of nitrogens with one attached hydrogen (secondary N) is 1. The van der Waals surface area contributed by atoms with Gasteiger partial charge in [-0.15, -0.1) is 0 Å². The van der Waals surface area contributed by atoms with Crippen LogP contribution in [0.2, 0.25) is 0 Å². The molecule has 68 heavy (non-hydrogen) atoms. The van der Waals surface area contributed by atoms with Gasteiger partial charge in [-0.25, -0.2) is 14.4 Å². The van der Waals surface area contributed by atoms with E-state index in [9.17, 15) is 34.2 Å². The topological polar surface area (TPSA) is 234 Å². The largest absolute Gasteiger partial charge is 0.497 e. The van der Waals surface area contributed by atoms with Gasteiger partial charge in [-0.05, 0) is 81.8 Å². The van der Waals surface area contributed by atoms with Crippen LogP contribution in [0.4, 0.5) is 4.79 Å². The van der Waals surface area contributed by atoms with Crippen molar-refractivity contribution in [1.29, 1.82) is 0 Å². The van der Waals surface area contributed by atoms with Gasteiger partial charge in [-0.1, -0.05) is 42.4 Å². The van der Waals surface area contributed by atoms with E-state index in [-0.39, 0.29) is 36.5 Å². The maximum atomic E-state index is 14.9. The first-order valence-electron chi connectivity index (χ1n) is 22.6. The molecule has 1 aromatic carbocycles. The van der Waals surface area contributed by atoms with E-state index in [4.69, 9.17) is 47.0 Å². The smallest absolute Gasteiger partial charge is 0.408 e. The van der Waals surface area contributed by atoms with Crippen LogP contribution in [0.5, 0.6) is 11.5 Å². The fraction of sp³-hybridized carbons (Fsp3) is 0.646. The molecule has 7 rings (SSSR count). The zero-order valence-electron chi connectivity index (χ0n) is 40.2. The number of hydrogen-bond acceptors (Lipinski definition) is 19. The minimum Gasteiger partial charge on any atom is -0.497 e. The molecule has 12 atom stereocenters. The van der Waals surface area contributed by atoms with Crippen molar-refractivity contribution >= 4 is 51.6 Å². The lowest BCUT2D eigenvalue weighted by atomic mass is 9.42. The molecular formula is C48H63NO17S2. The molecule has 2 aromatic rings. The van der Waals surface area contributed by atoms with E-state index in [0.29, 0.717) is 29.1 Å². The Morgan fingerprint density at radius 1 is 1.01 bits per heavy atom. The monoisotopic (exact) mass is 989 g/mol. The van der Waals surface area contributed by atoms with E-state index in [0.717, 1.165) is 0 Å². The highest BCUT2D eigenvalue weighted by Crippen LogP contribution is 2.69. The van der Waals surface area contributed by atoms with Crippen LogP contribution in [-0.4, -0.2) is 133 Å². The first kappa shape index (κ1) is 51.4. The van der Waals surface area contributed by atoms with Gasteiger partial charge in [0.15, 0.2) is 17.8 Å². The van der Waals surface area contributed by atoms with Crippen molar-refractivity contribution in [1.82, 2.24) is 5.32 Å². The minimum atomic E-state index is -2.27. The van der Waals surface area contributed by atoms with Crippen molar-refractivity contribution in [2.24, 2.45) is 16.7 Å². The molecule has 3 aliphatic carbocycles. The summed E-state index contributed by atoms with van der Waals surface area (Å²) in [5.41, 5.74) is -6.70. The normalized spacial score (nSPS) is 31.9. The number of methoxy groups -OCH3 is 2. The molecule has 374 valence electrons. The fourth-order valence-electron chi connectivity index (χ4n) is 11.1. The summed E-state index contributed by atoms with van der Waals surface area (Å²) in [7, 11) is 6.00. The maximum absolute atomic E-state index is 14.9. The number of rotatable bonds is 16. The third kappa shape index (κ3) is 9.08. The summed E-state index contributed by atoms with van der Waals surface area (Å²) in [5, 5.41) is 28.3. The van der Waals surface area contributed by atoms with Crippen LogP contribution in [0.25, 0.3) is 0 Å². The predicted octanol–water partition coefficient (Wildman–Crippen LogP) is 6.05. The van der Waals surface area contributed by atoms with Gasteiger partial charge in [0.2, 0.25) is 0 Å². The number of aliphatic hydroxyl groups excluding tert-OH is 1. The van der Waals surface area contributed by atoms with Gasteiger partial charge >= 0.3 is 30.0 Å². The summed E-state index contributed by atoms with van der Waals surface area (Å²) >= 11 is 0. The van der Waals surface area contributed by atoms with Gasteiger partial charge in [-0.3, -0.25) is 9.59 Å². The average Bonchev–Trinajstić information content (AvgIpc) is 3.80. The number of ether oxygens (including phenoxy) is 9. The van der Waals surface area contributed by atoms with E-state index in [1.807, 2.05) is 13.2 Å². The van der Waals surface area contributed by atoms with Crippen LogP contribution in [-0.2, 0) is 47.5 Å². The lowest BCUT2D eigenvalue weighted by Gasteiger charge is -2.74. The zero-order chi connectivity index (χ0) is 49.7. The van der Waals surface area contributed by atoms with Crippen LogP contribution in [0.1, 0.15) is 103 Å². The lowest BCUT2D eigenvalue weighted by molar-refractivity contribution is -0.416. The Bertz CT molecular complexity index is 2280. The molecule has 1 amide bonds. The molecule has 1 aromatic heterocycles. The van der Waals surface area contributed by atoms with Crippen molar-refractivity contribution in [2.45, 2.75) is 147 Å². The number of fused-ring (bicyclic) bond motifs is 4. The molecule has 18 nitrogen and oxygen atoms in total. The van der Waals surface area contributed by atoms with Gasteiger partial charge in [0.25, 0.3) is 0 Å². The van der Waals surface area contributed by atoms with E-state index >= 15 is 0 Å². The number of hydrogen-bond donors (Lipinski definition) is 3. The highest BCUT2D eigenvalue weighted by atomic mass is 33.1. The zero-order valence-corrected chi connectivity index (χ0v) is 41.9. The number of amides is 1. The quantitative estimate of drug-likeness (QED) is 0.0571. The molecule has 4 fully saturated rings. The third-order valence-electron chi connectivity index (χ3n) is 14.3. The van der Waals surface area contributed by atoms with E-state index in [1.165, 1.54) is 51.7 Å². The molecule has 0 spiro atoms. The van der Waals surface area contributed by atoms with E-state index in [2.05, 4.69) is 5.32 Å². The number of carbonyl (C=O) groups is 5. The Morgan fingerprint density at radius 2 is 1.75 bits per heavy atom. The van der Waals surface area contributed by atoms with Gasteiger partial charge < -0.3 is 62.6 Å². The van der Waals surface area contributed by atoms with Crippen molar-refractivity contribution in [3.05, 3.63) is 59.1 Å². The van der Waals surface area contributed by atoms with Gasteiger partial charge in [0.05, 0.1) is 39.1 Å². The van der Waals surface area contributed by atoms with Crippen molar-refractivity contribution in [2.75, 3.05) is 32.8 Å². The first-order valence-corrected chi connectivity index (χ1v) is 25.3. The Labute approximate surface area is 403 Å². The van der Waals surface area contributed by atoms with Crippen molar-refractivity contribution < 1.29 is 81.2 Å². The molecule has 0 radical (unpaired) electrons. The maximum Gasteiger partial charge on any atom is 0.408 e. The van der Waals surface area contributed by atoms with Gasteiger partial charge in [-0.2, -0.15) is 0 Å². The standard InChI is InChI=1S/C48H63NO17S2/c1-24-30(61-42(54)36(52)35(29-14-12-18-59-29)49-43(55)66-44(3,4)5)22-48(56)40(64-41(53)27-20-26(57-9)16-17-28(27)58-10)38-46(8)31(21-32-47(38,23-60-32)65-25(2)50)62-39(46)37(34(24)45(48,6)7)63-33(51)15-13-19-68-67-11/h12,14,16-18,20,30-32,35-40,52,56H,13,15,19,21-23H2,1-11H3,(H,49,55)/t30-,31+,32+,35-,36+,37+,38-,39-,40-,46+,47-,48+/m0/s1. The Hall–Kier alpha value is -4.47. The molecule has 2 aliphatic heterocycles. The van der Waals surface area contributed by atoms with Gasteiger partial charge in [0.1, 0.15) is 64.5 Å². The van der Waals surface area contributed by atoms with Crippen LogP contribution in [0, 0.1) is 16.7 Å². The second-order valence-corrected chi connectivity index (χ2v) is 22.4. The second-order valence-electron chi connectivity index (χ2n) is 19.7. The number of aliphatic hydroxyl groups is 2. The highest BCUT2D eigenvalue weighted by molar-refractivity contribution is 8.76. The summed E-state index contributed by atoms with van der Waals surface area (Å²) in [5.74, 6) is -3.33. The third-order valence-corrected chi connectivity index (χ3v) is 16.2. The molecular weight excluding hydrogens is 927 g/mol. The number of furan rings is 1. The van der Waals surface area contributed by atoms with Crippen LogP contribution in [0.3, 0.4) is 0 Å². The molecule has 2 saturated heterocycles. The summed E-state index contributed by atoms with van der Waals surface area (Å²) in [4.78, 5) is 69.7. The lowest BCUT2D eigenvalue weighted by Crippen LogP contribution is -2.86. The predicted molar refractivity (Wildman–Crippen MR) is 246 cm³/mol. The molecule has 3 heterocycles. The van der Waals surface area contributed by atoms with E-state index in [1.54, 1.807) is 69.2 Å². The molecule has 2 bridgehead atoms. The van der Waals surface area contributed by atoms with Crippen LogP contribution >= 0.6 is 21.6 Å². The van der Waals surface area contributed by atoms with Crippen molar-refractivity contribution in [3.63, 3.8) is 0 Å². The summed E-state index contributed by atoms with van der Waals surface area (Å²) in [6.07, 6.45) is -6.05. The summed E-state index contributed by atoms with van der Waals surface area (Å²) in [6.45, 7) is 13.1. The van der Waals surface area contributed by atoms with Crippen molar-refractivity contribution in [3.8, 4) is 11.5 Å². The Morgan fingerprint density at radius 3 is 2.35 bits per heavy atom. The average molecular weight is 990 g/mol. The fourth-order valence-corrected chi connectivity index (χ4v) is 12.4. The Balaban J connectivity index is 1.39. The molecule has 3 N–H and O–H groups in total. The summed E-state index contributed by atoms with van der Waals surface area (Å²) in [6, 6.07) is 6.04. The van der Waals surface area contributed by atoms with Crippen LogP contribution < -0.4 is 14.8 Å². The van der Waals surface area contributed by atoms with E-state index < -0.39 is 119 Å². The number of benzene rings is 1. The Kier molecular flexibility index (Phi) is 14.6. The molecule has 5 aliphatic rings. The molecule has 20 heteroatoms. The first-order chi connectivity index (χ1) is 32.0. The number of carbonyl (C=O) groups excluding carboxylic acids is 5. The number of alkyl carbamates (subject to hydrolysis) is 1. The number of esters is 4. The molecule has 0 unspecified atom stereocenters.